The third kappa shape index (κ3) is 2.03. The summed E-state index contributed by atoms with van der Waals surface area (Å²) in [5.74, 6) is -0.0890. The molecular formula is C13H16ClF. The van der Waals surface area contributed by atoms with E-state index in [0.717, 1.165) is 30.4 Å². The molecule has 0 amide bonds. The second kappa shape index (κ2) is 3.79. The maximum absolute atomic E-state index is 13.8. The Kier molecular flexibility index (Phi) is 2.76. The summed E-state index contributed by atoms with van der Waals surface area (Å²) in [6.45, 7) is 4.12. The fraction of sp³-hybridized carbons (Fsp3) is 0.538. The molecule has 1 aliphatic rings. The molecule has 82 valence electrons. The second-order valence-electron chi connectivity index (χ2n) is 4.88. The van der Waals surface area contributed by atoms with Crippen molar-refractivity contribution in [1.29, 1.82) is 0 Å². The fourth-order valence-electron chi connectivity index (χ4n) is 2.51. The standard InChI is InChI=1S/C13H16ClF/c1-9-3-4-12(15)11(7-9)13(2)6-5-10(14)8-13/h3-4,7,10H,5-6,8H2,1-2H3. The van der Waals surface area contributed by atoms with Gasteiger partial charge in [0, 0.05) is 5.38 Å². The van der Waals surface area contributed by atoms with Crippen LogP contribution in [-0.2, 0) is 5.41 Å². The normalized spacial score (nSPS) is 30.8. The molecule has 1 fully saturated rings. The van der Waals surface area contributed by atoms with Gasteiger partial charge >= 0.3 is 0 Å². The lowest BCUT2D eigenvalue weighted by Gasteiger charge is -2.25. The summed E-state index contributed by atoms with van der Waals surface area (Å²) in [5, 5.41) is 0.204. The highest BCUT2D eigenvalue weighted by atomic mass is 35.5. The lowest BCUT2D eigenvalue weighted by atomic mass is 9.80. The van der Waals surface area contributed by atoms with Gasteiger partial charge < -0.3 is 0 Å². The van der Waals surface area contributed by atoms with Gasteiger partial charge in [0.05, 0.1) is 0 Å². The van der Waals surface area contributed by atoms with Crippen molar-refractivity contribution in [3.63, 3.8) is 0 Å². The molecule has 0 aliphatic heterocycles. The SMILES string of the molecule is Cc1ccc(F)c(C2(C)CCC(Cl)C2)c1. The first kappa shape index (κ1) is 10.9. The summed E-state index contributed by atoms with van der Waals surface area (Å²) in [7, 11) is 0. The van der Waals surface area contributed by atoms with Crippen LogP contribution in [0.4, 0.5) is 4.39 Å². The average Bonchev–Trinajstić information content (AvgIpc) is 2.52. The van der Waals surface area contributed by atoms with E-state index in [0.29, 0.717) is 0 Å². The van der Waals surface area contributed by atoms with Crippen molar-refractivity contribution >= 4 is 11.6 Å². The largest absolute Gasteiger partial charge is 0.207 e. The molecule has 2 unspecified atom stereocenters. The van der Waals surface area contributed by atoms with E-state index < -0.39 is 0 Å². The molecule has 0 saturated heterocycles. The second-order valence-corrected chi connectivity index (χ2v) is 5.50. The van der Waals surface area contributed by atoms with Crippen LogP contribution in [-0.4, -0.2) is 5.38 Å². The van der Waals surface area contributed by atoms with Gasteiger partial charge in [-0.05, 0) is 43.2 Å². The summed E-state index contributed by atoms with van der Waals surface area (Å²) in [6, 6.07) is 5.34. The van der Waals surface area contributed by atoms with Crippen LogP contribution in [0, 0.1) is 12.7 Å². The maximum Gasteiger partial charge on any atom is 0.126 e. The van der Waals surface area contributed by atoms with Gasteiger partial charge in [0.15, 0.2) is 0 Å². The summed E-state index contributed by atoms with van der Waals surface area (Å²) < 4.78 is 13.8. The molecule has 0 bridgehead atoms. The predicted octanol–water partition coefficient (Wildman–Crippen LogP) is 4.18. The van der Waals surface area contributed by atoms with Gasteiger partial charge in [0.1, 0.15) is 5.82 Å². The molecule has 2 rings (SSSR count). The zero-order valence-electron chi connectivity index (χ0n) is 9.19. The van der Waals surface area contributed by atoms with Gasteiger partial charge in [0.2, 0.25) is 0 Å². The first-order chi connectivity index (χ1) is 7.01. The molecule has 0 nitrogen and oxygen atoms in total. The van der Waals surface area contributed by atoms with E-state index in [9.17, 15) is 4.39 Å². The van der Waals surface area contributed by atoms with Gasteiger partial charge in [-0.2, -0.15) is 0 Å². The van der Waals surface area contributed by atoms with Gasteiger partial charge in [-0.25, -0.2) is 4.39 Å². The third-order valence-corrected chi connectivity index (χ3v) is 3.83. The Morgan fingerprint density at radius 3 is 2.80 bits per heavy atom. The number of hydrogen-bond acceptors (Lipinski definition) is 0. The minimum Gasteiger partial charge on any atom is -0.207 e. The molecule has 2 atom stereocenters. The van der Waals surface area contributed by atoms with E-state index in [1.54, 1.807) is 6.07 Å². The van der Waals surface area contributed by atoms with Crippen LogP contribution in [0.1, 0.15) is 37.3 Å². The zero-order chi connectivity index (χ0) is 11.1. The molecule has 15 heavy (non-hydrogen) atoms. The van der Waals surface area contributed by atoms with E-state index >= 15 is 0 Å². The number of aryl methyl sites for hydroxylation is 1. The molecule has 1 aromatic carbocycles. The highest BCUT2D eigenvalue weighted by Crippen LogP contribution is 2.43. The van der Waals surface area contributed by atoms with Crippen molar-refractivity contribution in [2.45, 2.75) is 43.9 Å². The van der Waals surface area contributed by atoms with Crippen LogP contribution >= 0.6 is 11.6 Å². The van der Waals surface area contributed by atoms with Crippen molar-refractivity contribution in [1.82, 2.24) is 0 Å². The first-order valence-electron chi connectivity index (χ1n) is 5.42. The first-order valence-corrected chi connectivity index (χ1v) is 5.86. The predicted molar refractivity (Wildman–Crippen MR) is 62.0 cm³/mol. The molecule has 1 saturated carbocycles. The third-order valence-electron chi connectivity index (χ3n) is 3.45. The van der Waals surface area contributed by atoms with Gasteiger partial charge in [-0.1, -0.05) is 24.6 Å². The molecular weight excluding hydrogens is 211 g/mol. The van der Waals surface area contributed by atoms with Crippen molar-refractivity contribution in [3.05, 3.63) is 35.1 Å². The Balaban J connectivity index is 2.40. The lowest BCUT2D eigenvalue weighted by Crippen LogP contribution is -2.19. The van der Waals surface area contributed by atoms with E-state index in [4.69, 9.17) is 11.6 Å². The number of alkyl halides is 1. The Bertz CT molecular complexity index is 375. The molecule has 1 aromatic rings. The van der Waals surface area contributed by atoms with E-state index in [-0.39, 0.29) is 16.6 Å². The maximum atomic E-state index is 13.8. The summed E-state index contributed by atoms with van der Waals surface area (Å²) >= 11 is 6.12. The van der Waals surface area contributed by atoms with E-state index in [1.165, 1.54) is 0 Å². The van der Waals surface area contributed by atoms with Crippen molar-refractivity contribution in [2.24, 2.45) is 0 Å². The monoisotopic (exact) mass is 226 g/mol. The van der Waals surface area contributed by atoms with Crippen LogP contribution in [0.3, 0.4) is 0 Å². The number of halogens is 2. The Morgan fingerprint density at radius 2 is 2.20 bits per heavy atom. The van der Waals surface area contributed by atoms with E-state index in [1.807, 2.05) is 19.1 Å². The number of rotatable bonds is 1. The minimum absolute atomic E-state index is 0.0669. The van der Waals surface area contributed by atoms with Crippen LogP contribution in [0.5, 0.6) is 0 Å². The Morgan fingerprint density at radius 1 is 1.47 bits per heavy atom. The van der Waals surface area contributed by atoms with Crippen molar-refractivity contribution < 1.29 is 4.39 Å². The summed E-state index contributed by atoms with van der Waals surface area (Å²) in [5.41, 5.74) is 1.89. The summed E-state index contributed by atoms with van der Waals surface area (Å²) in [4.78, 5) is 0. The van der Waals surface area contributed by atoms with Gasteiger partial charge in [0.25, 0.3) is 0 Å². The quantitative estimate of drug-likeness (QED) is 0.630. The van der Waals surface area contributed by atoms with Gasteiger partial charge in [-0.3, -0.25) is 0 Å². The topological polar surface area (TPSA) is 0 Å². The average molecular weight is 227 g/mol. The molecule has 0 heterocycles. The minimum atomic E-state index is -0.0890. The molecule has 2 heteroatoms. The van der Waals surface area contributed by atoms with Gasteiger partial charge in [-0.15, -0.1) is 11.6 Å². The highest BCUT2D eigenvalue weighted by Gasteiger charge is 2.37. The van der Waals surface area contributed by atoms with Crippen LogP contribution < -0.4 is 0 Å². The van der Waals surface area contributed by atoms with E-state index in [2.05, 4.69) is 6.92 Å². The highest BCUT2D eigenvalue weighted by molar-refractivity contribution is 6.20. The lowest BCUT2D eigenvalue weighted by molar-refractivity contribution is 0.457. The number of benzene rings is 1. The molecule has 1 aliphatic carbocycles. The van der Waals surface area contributed by atoms with Crippen molar-refractivity contribution in [3.8, 4) is 0 Å². The summed E-state index contributed by atoms with van der Waals surface area (Å²) in [6.07, 6.45) is 2.86. The van der Waals surface area contributed by atoms with Crippen LogP contribution in [0.15, 0.2) is 18.2 Å². The molecule has 0 N–H and O–H groups in total. The smallest absolute Gasteiger partial charge is 0.126 e. The Labute approximate surface area is 95.4 Å². The molecule has 0 spiro atoms. The molecule has 0 aromatic heterocycles. The number of hydrogen-bond donors (Lipinski definition) is 0. The van der Waals surface area contributed by atoms with Crippen molar-refractivity contribution in [2.75, 3.05) is 0 Å². The van der Waals surface area contributed by atoms with Crippen LogP contribution in [0.2, 0.25) is 0 Å². The Hall–Kier alpha value is -0.560. The fourth-order valence-corrected chi connectivity index (χ4v) is 2.96. The van der Waals surface area contributed by atoms with Crippen LogP contribution in [0.25, 0.3) is 0 Å². The zero-order valence-corrected chi connectivity index (χ0v) is 9.94. The molecule has 0 radical (unpaired) electrons.